The first-order valence-corrected chi connectivity index (χ1v) is 12.0. The standard InChI is InChI=1S/C27H23F4N3OS/c1-18-5-11-23(12-6-18)32-26(35)24-17-36-25(33-24)16-34(14-19-7-9-22(28)10-8-19)15-20-3-2-4-21(13-20)27(29,30)31/h2-13,17H,14-16H2,1H3,(H,32,35). The molecule has 0 saturated carbocycles. The summed E-state index contributed by atoms with van der Waals surface area (Å²) >= 11 is 1.30. The number of amides is 1. The lowest BCUT2D eigenvalue weighted by atomic mass is 10.1. The number of alkyl halides is 3. The Hall–Kier alpha value is -3.56. The highest BCUT2D eigenvalue weighted by Crippen LogP contribution is 2.30. The highest BCUT2D eigenvalue weighted by atomic mass is 32.1. The van der Waals surface area contributed by atoms with Crippen molar-refractivity contribution in [3.05, 3.63) is 117 Å². The monoisotopic (exact) mass is 513 g/mol. The maximum Gasteiger partial charge on any atom is 0.416 e. The number of rotatable bonds is 8. The van der Waals surface area contributed by atoms with Crippen LogP contribution in [0.25, 0.3) is 0 Å². The maximum atomic E-state index is 13.4. The summed E-state index contributed by atoms with van der Waals surface area (Å²) in [4.78, 5) is 19.0. The van der Waals surface area contributed by atoms with Crippen molar-refractivity contribution in [2.45, 2.75) is 32.7 Å². The van der Waals surface area contributed by atoms with Gasteiger partial charge in [0, 0.05) is 24.2 Å². The third-order valence-electron chi connectivity index (χ3n) is 5.43. The largest absolute Gasteiger partial charge is 0.416 e. The second-order valence-electron chi connectivity index (χ2n) is 8.42. The Labute approximate surface area is 210 Å². The molecule has 0 radical (unpaired) electrons. The number of carbonyl (C=O) groups excluding carboxylic acids is 1. The SMILES string of the molecule is Cc1ccc(NC(=O)c2csc(CN(Cc3ccc(F)cc3)Cc3cccc(C(F)(F)F)c3)n2)cc1. The molecule has 0 spiro atoms. The predicted octanol–water partition coefficient (Wildman–Crippen LogP) is 7.06. The van der Waals surface area contributed by atoms with Crippen LogP contribution in [0.4, 0.5) is 23.2 Å². The van der Waals surface area contributed by atoms with E-state index in [1.54, 1.807) is 35.7 Å². The topological polar surface area (TPSA) is 45.2 Å². The smallest absolute Gasteiger partial charge is 0.321 e. The van der Waals surface area contributed by atoms with Crippen LogP contribution in [0, 0.1) is 12.7 Å². The molecule has 0 aliphatic carbocycles. The first-order chi connectivity index (χ1) is 17.2. The van der Waals surface area contributed by atoms with Crippen molar-refractivity contribution in [1.29, 1.82) is 0 Å². The van der Waals surface area contributed by atoms with Crippen molar-refractivity contribution >= 4 is 22.9 Å². The summed E-state index contributed by atoms with van der Waals surface area (Å²) in [6, 6.07) is 18.5. The lowest BCUT2D eigenvalue weighted by Gasteiger charge is -2.22. The van der Waals surface area contributed by atoms with Crippen LogP contribution in [0.5, 0.6) is 0 Å². The number of halogens is 4. The number of hydrogen-bond acceptors (Lipinski definition) is 4. The van der Waals surface area contributed by atoms with E-state index in [1.165, 1.54) is 29.5 Å². The summed E-state index contributed by atoms with van der Waals surface area (Å²) in [5.74, 6) is -0.711. The second-order valence-corrected chi connectivity index (χ2v) is 9.36. The van der Waals surface area contributed by atoms with Gasteiger partial charge in [-0.25, -0.2) is 9.37 Å². The van der Waals surface area contributed by atoms with Crippen LogP contribution in [0.15, 0.2) is 78.2 Å². The zero-order valence-electron chi connectivity index (χ0n) is 19.3. The summed E-state index contributed by atoms with van der Waals surface area (Å²) in [6.45, 7) is 2.83. The molecule has 4 rings (SSSR count). The highest BCUT2D eigenvalue weighted by molar-refractivity contribution is 7.09. The fourth-order valence-corrected chi connectivity index (χ4v) is 4.45. The summed E-state index contributed by atoms with van der Waals surface area (Å²) < 4.78 is 52.9. The number of nitrogens with one attached hydrogen (secondary N) is 1. The molecule has 0 fully saturated rings. The molecule has 0 unspecified atom stereocenters. The van der Waals surface area contributed by atoms with E-state index in [9.17, 15) is 22.4 Å². The number of benzene rings is 3. The van der Waals surface area contributed by atoms with Crippen LogP contribution in [0.2, 0.25) is 0 Å². The van der Waals surface area contributed by atoms with Gasteiger partial charge in [-0.3, -0.25) is 9.69 Å². The Bertz CT molecular complexity index is 1320. The van der Waals surface area contributed by atoms with Crippen LogP contribution >= 0.6 is 11.3 Å². The minimum Gasteiger partial charge on any atom is -0.321 e. The first-order valence-electron chi connectivity index (χ1n) is 11.1. The van der Waals surface area contributed by atoms with E-state index in [2.05, 4.69) is 10.3 Å². The van der Waals surface area contributed by atoms with Crippen molar-refractivity contribution in [2.24, 2.45) is 0 Å². The molecular formula is C27H23F4N3OS. The first kappa shape index (κ1) is 25.5. The van der Waals surface area contributed by atoms with Gasteiger partial charge in [-0.05, 0) is 48.4 Å². The average molecular weight is 514 g/mol. The summed E-state index contributed by atoms with van der Waals surface area (Å²) in [5.41, 5.74) is 2.56. The zero-order valence-corrected chi connectivity index (χ0v) is 20.2. The molecule has 4 aromatic rings. The van der Waals surface area contributed by atoms with Gasteiger partial charge in [-0.15, -0.1) is 11.3 Å². The molecule has 3 aromatic carbocycles. The Morgan fingerprint density at radius 2 is 1.64 bits per heavy atom. The van der Waals surface area contributed by atoms with Gasteiger partial charge in [-0.1, -0.05) is 48.0 Å². The number of hydrogen-bond donors (Lipinski definition) is 1. The lowest BCUT2D eigenvalue weighted by molar-refractivity contribution is -0.137. The van der Waals surface area contributed by atoms with E-state index in [-0.39, 0.29) is 24.0 Å². The van der Waals surface area contributed by atoms with Gasteiger partial charge >= 0.3 is 6.18 Å². The van der Waals surface area contributed by atoms with Crippen molar-refractivity contribution in [3.8, 4) is 0 Å². The Kier molecular flexibility index (Phi) is 7.81. The number of aryl methyl sites for hydroxylation is 1. The van der Waals surface area contributed by atoms with Crippen LogP contribution < -0.4 is 5.32 Å². The fourth-order valence-electron chi connectivity index (χ4n) is 3.63. The van der Waals surface area contributed by atoms with Crippen molar-refractivity contribution in [3.63, 3.8) is 0 Å². The predicted molar refractivity (Wildman–Crippen MR) is 132 cm³/mol. The molecule has 1 heterocycles. The van der Waals surface area contributed by atoms with E-state index in [4.69, 9.17) is 0 Å². The van der Waals surface area contributed by atoms with E-state index in [0.717, 1.165) is 23.3 Å². The number of anilines is 1. The fraction of sp³-hybridized carbons (Fsp3) is 0.185. The van der Waals surface area contributed by atoms with Gasteiger partial charge in [0.25, 0.3) is 5.91 Å². The lowest BCUT2D eigenvalue weighted by Crippen LogP contribution is -2.23. The molecule has 4 nitrogen and oxygen atoms in total. The molecular weight excluding hydrogens is 490 g/mol. The van der Waals surface area contributed by atoms with Gasteiger partial charge < -0.3 is 5.32 Å². The Balaban J connectivity index is 1.51. The quantitative estimate of drug-likeness (QED) is 0.257. The number of carbonyl (C=O) groups is 1. The van der Waals surface area contributed by atoms with Gasteiger partial charge in [0.1, 0.15) is 16.5 Å². The number of aromatic nitrogens is 1. The van der Waals surface area contributed by atoms with E-state index in [1.807, 2.05) is 24.0 Å². The normalized spacial score (nSPS) is 11.6. The Morgan fingerprint density at radius 3 is 2.33 bits per heavy atom. The van der Waals surface area contributed by atoms with Crippen molar-refractivity contribution < 1.29 is 22.4 Å². The van der Waals surface area contributed by atoms with E-state index >= 15 is 0 Å². The third-order valence-corrected chi connectivity index (χ3v) is 6.27. The molecule has 1 aromatic heterocycles. The molecule has 1 N–H and O–H groups in total. The summed E-state index contributed by atoms with van der Waals surface area (Å²) in [6.07, 6.45) is -4.44. The van der Waals surface area contributed by atoms with Gasteiger partial charge in [-0.2, -0.15) is 13.2 Å². The molecule has 0 atom stereocenters. The van der Waals surface area contributed by atoms with Crippen molar-refractivity contribution in [1.82, 2.24) is 9.88 Å². The molecule has 0 saturated heterocycles. The van der Waals surface area contributed by atoms with Gasteiger partial charge in [0.05, 0.1) is 12.1 Å². The number of thiazole rings is 1. The van der Waals surface area contributed by atoms with Crippen LogP contribution in [-0.4, -0.2) is 15.8 Å². The number of nitrogens with zero attached hydrogens (tertiary/aromatic N) is 2. The van der Waals surface area contributed by atoms with Crippen LogP contribution in [-0.2, 0) is 25.8 Å². The summed E-state index contributed by atoms with van der Waals surface area (Å²) in [7, 11) is 0. The minimum atomic E-state index is -4.44. The average Bonchev–Trinajstić information content (AvgIpc) is 3.30. The van der Waals surface area contributed by atoms with Gasteiger partial charge in [0.2, 0.25) is 0 Å². The van der Waals surface area contributed by atoms with E-state index < -0.39 is 11.7 Å². The molecule has 186 valence electrons. The molecule has 1 amide bonds. The Morgan fingerprint density at radius 1 is 0.944 bits per heavy atom. The van der Waals surface area contributed by atoms with E-state index in [0.29, 0.717) is 29.3 Å². The molecule has 0 aliphatic rings. The zero-order chi connectivity index (χ0) is 25.7. The summed E-state index contributed by atoms with van der Waals surface area (Å²) in [5, 5.41) is 5.10. The van der Waals surface area contributed by atoms with Crippen LogP contribution in [0.3, 0.4) is 0 Å². The molecule has 36 heavy (non-hydrogen) atoms. The minimum absolute atomic E-state index is 0.214. The highest BCUT2D eigenvalue weighted by Gasteiger charge is 2.30. The molecule has 0 bridgehead atoms. The molecule has 9 heteroatoms. The molecule has 0 aliphatic heterocycles. The maximum absolute atomic E-state index is 13.4. The third kappa shape index (κ3) is 6.99. The van der Waals surface area contributed by atoms with Crippen molar-refractivity contribution in [2.75, 3.05) is 5.32 Å². The second kappa shape index (κ2) is 11.0. The van der Waals surface area contributed by atoms with Crippen LogP contribution in [0.1, 0.15) is 37.7 Å². The van der Waals surface area contributed by atoms with Gasteiger partial charge in [0.15, 0.2) is 0 Å².